The highest BCUT2D eigenvalue weighted by atomic mass is 19.1. The van der Waals surface area contributed by atoms with E-state index >= 15 is 0 Å². The van der Waals surface area contributed by atoms with Crippen molar-refractivity contribution in [3.05, 3.63) is 59.4 Å². The summed E-state index contributed by atoms with van der Waals surface area (Å²) in [5.41, 5.74) is 1.83. The van der Waals surface area contributed by atoms with Gasteiger partial charge in [-0.3, -0.25) is 4.79 Å². The van der Waals surface area contributed by atoms with Gasteiger partial charge in [-0.2, -0.15) is 0 Å². The Morgan fingerprint density at radius 2 is 1.95 bits per heavy atom. The third-order valence-electron chi connectivity index (χ3n) is 3.57. The number of hydrogen-bond acceptors (Lipinski definition) is 3. The number of rotatable bonds is 1. The number of nitrogens with zero attached hydrogens (tertiary/aromatic N) is 1. The number of H-pyrrole nitrogens is 1. The van der Waals surface area contributed by atoms with Gasteiger partial charge in [0.15, 0.2) is 5.88 Å². The van der Waals surface area contributed by atoms with Crippen molar-refractivity contribution in [2.24, 2.45) is 4.99 Å². The average Bonchev–Trinajstić information content (AvgIpc) is 2.95. The Morgan fingerprint density at radius 3 is 2.81 bits per heavy atom. The molecule has 1 aliphatic heterocycles. The predicted octanol–water partition coefficient (Wildman–Crippen LogP) is 3.33. The molecule has 0 saturated heterocycles. The van der Waals surface area contributed by atoms with Crippen molar-refractivity contribution in [1.82, 2.24) is 4.98 Å². The minimum absolute atomic E-state index is 0.114. The van der Waals surface area contributed by atoms with E-state index in [4.69, 9.17) is 0 Å². The van der Waals surface area contributed by atoms with Gasteiger partial charge in [-0.15, -0.1) is 0 Å². The first-order chi connectivity index (χ1) is 10.1. The molecule has 2 heterocycles. The van der Waals surface area contributed by atoms with Crippen molar-refractivity contribution in [3.63, 3.8) is 0 Å². The molecule has 0 bridgehead atoms. The van der Waals surface area contributed by atoms with Crippen LogP contribution in [0.1, 0.15) is 15.9 Å². The first kappa shape index (κ1) is 11.8. The number of aliphatic imine (C=N–C) groups is 1. The fraction of sp³-hybridized carbons (Fsp3) is 0. The largest absolute Gasteiger partial charge is 0.494 e. The zero-order valence-corrected chi connectivity index (χ0v) is 10.7. The van der Waals surface area contributed by atoms with E-state index in [1.807, 2.05) is 12.1 Å². The molecule has 0 saturated carbocycles. The molecule has 0 unspecified atom stereocenters. The highest BCUT2D eigenvalue weighted by molar-refractivity contribution is 6.56. The van der Waals surface area contributed by atoms with Crippen LogP contribution in [0.2, 0.25) is 0 Å². The Balaban J connectivity index is 1.97. The van der Waals surface area contributed by atoms with Crippen molar-refractivity contribution in [2.45, 2.75) is 0 Å². The lowest BCUT2D eigenvalue weighted by Crippen LogP contribution is -2.10. The number of fused-ring (bicyclic) bond motifs is 2. The third-order valence-corrected chi connectivity index (χ3v) is 3.57. The summed E-state index contributed by atoms with van der Waals surface area (Å²) >= 11 is 0. The summed E-state index contributed by atoms with van der Waals surface area (Å²) in [4.78, 5) is 19.4. The monoisotopic (exact) mass is 280 g/mol. The van der Waals surface area contributed by atoms with E-state index in [1.165, 1.54) is 18.2 Å². The Kier molecular flexibility index (Phi) is 2.27. The molecule has 0 fully saturated rings. The molecule has 102 valence electrons. The van der Waals surface area contributed by atoms with Gasteiger partial charge in [-0.05, 0) is 18.2 Å². The minimum atomic E-state index is -0.449. The Labute approximate surface area is 118 Å². The lowest BCUT2D eigenvalue weighted by molar-refractivity contribution is 0.107. The number of Topliss-reactive ketones (excluding diaryl/α,β-unsaturated/α-hetero) is 1. The number of carbonyl (C=O) groups excluding carboxylic acids is 1. The van der Waals surface area contributed by atoms with Gasteiger partial charge in [0, 0.05) is 17.0 Å². The number of nitrogens with one attached hydrogen (secondary N) is 1. The second kappa shape index (κ2) is 4.02. The van der Waals surface area contributed by atoms with E-state index in [1.54, 1.807) is 12.1 Å². The lowest BCUT2D eigenvalue weighted by atomic mass is 10.0. The van der Waals surface area contributed by atoms with Gasteiger partial charge in [-0.1, -0.05) is 18.2 Å². The summed E-state index contributed by atoms with van der Waals surface area (Å²) in [5, 5.41) is 10.8. The van der Waals surface area contributed by atoms with Crippen molar-refractivity contribution in [2.75, 3.05) is 0 Å². The molecular weight excluding hydrogens is 271 g/mol. The van der Waals surface area contributed by atoms with E-state index in [2.05, 4.69) is 9.98 Å². The van der Waals surface area contributed by atoms with Crippen LogP contribution in [-0.2, 0) is 0 Å². The number of aromatic nitrogens is 1. The SMILES string of the molecule is O=C1C(c2c(O)[nH]c3ccccc23)=Nc2cc(F)ccc21. The number of benzene rings is 2. The fourth-order valence-corrected chi connectivity index (χ4v) is 2.62. The maximum atomic E-state index is 13.3. The summed E-state index contributed by atoms with van der Waals surface area (Å²) < 4.78 is 13.3. The van der Waals surface area contributed by atoms with Crippen molar-refractivity contribution >= 4 is 28.1 Å². The number of ketones is 1. The van der Waals surface area contributed by atoms with E-state index in [0.29, 0.717) is 27.7 Å². The number of halogens is 1. The zero-order valence-electron chi connectivity index (χ0n) is 10.7. The van der Waals surface area contributed by atoms with Gasteiger partial charge in [0.25, 0.3) is 0 Å². The van der Waals surface area contributed by atoms with Crippen LogP contribution >= 0.6 is 0 Å². The van der Waals surface area contributed by atoms with E-state index in [0.717, 1.165) is 0 Å². The predicted molar refractivity (Wildman–Crippen MR) is 76.9 cm³/mol. The quantitative estimate of drug-likeness (QED) is 0.718. The molecule has 0 amide bonds. The van der Waals surface area contributed by atoms with Crippen molar-refractivity contribution in [3.8, 4) is 5.88 Å². The molecule has 21 heavy (non-hydrogen) atoms. The van der Waals surface area contributed by atoms with Crippen LogP contribution in [0.5, 0.6) is 5.88 Å². The fourth-order valence-electron chi connectivity index (χ4n) is 2.62. The highest BCUT2D eigenvalue weighted by Gasteiger charge is 2.30. The summed E-state index contributed by atoms with van der Waals surface area (Å²) in [7, 11) is 0. The van der Waals surface area contributed by atoms with Gasteiger partial charge < -0.3 is 10.1 Å². The number of para-hydroxylation sites is 1. The number of aromatic amines is 1. The number of aromatic hydroxyl groups is 1. The first-order valence-electron chi connectivity index (χ1n) is 6.38. The van der Waals surface area contributed by atoms with Crippen LogP contribution in [0.25, 0.3) is 10.9 Å². The molecule has 3 aromatic rings. The summed E-state index contributed by atoms with van der Waals surface area (Å²) in [6.07, 6.45) is 0. The normalized spacial score (nSPS) is 13.6. The van der Waals surface area contributed by atoms with Gasteiger partial charge >= 0.3 is 0 Å². The van der Waals surface area contributed by atoms with E-state index in [-0.39, 0.29) is 17.4 Å². The lowest BCUT2D eigenvalue weighted by Gasteiger charge is -1.98. The Morgan fingerprint density at radius 1 is 1.14 bits per heavy atom. The summed E-state index contributed by atoms with van der Waals surface area (Å²) in [6, 6.07) is 11.1. The van der Waals surface area contributed by atoms with Crippen molar-refractivity contribution in [1.29, 1.82) is 0 Å². The smallest absolute Gasteiger partial charge is 0.214 e. The molecule has 2 aromatic carbocycles. The van der Waals surface area contributed by atoms with Gasteiger partial charge in [0.2, 0.25) is 5.78 Å². The van der Waals surface area contributed by atoms with Gasteiger partial charge in [-0.25, -0.2) is 9.38 Å². The maximum absolute atomic E-state index is 13.3. The van der Waals surface area contributed by atoms with Crippen LogP contribution in [0.4, 0.5) is 10.1 Å². The average molecular weight is 280 g/mol. The van der Waals surface area contributed by atoms with E-state index < -0.39 is 5.82 Å². The van der Waals surface area contributed by atoms with Gasteiger partial charge in [0.1, 0.15) is 11.5 Å². The molecule has 0 atom stereocenters. The summed E-state index contributed by atoms with van der Waals surface area (Å²) in [5.74, 6) is -0.878. The molecular formula is C16H9FN2O2. The van der Waals surface area contributed by atoms with Crippen LogP contribution < -0.4 is 0 Å². The molecule has 4 rings (SSSR count). The van der Waals surface area contributed by atoms with Gasteiger partial charge in [0.05, 0.1) is 16.8 Å². The minimum Gasteiger partial charge on any atom is -0.494 e. The standard InChI is InChI=1S/C16H9FN2O2/c17-8-5-6-10-12(7-8)18-14(15(10)20)13-9-3-1-2-4-11(9)19-16(13)21/h1-7,19,21H. The molecule has 1 aromatic heterocycles. The van der Waals surface area contributed by atoms with E-state index in [9.17, 15) is 14.3 Å². The molecule has 4 nitrogen and oxygen atoms in total. The second-order valence-corrected chi connectivity index (χ2v) is 4.85. The molecule has 5 heteroatoms. The van der Waals surface area contributed by atoms with Crippen LogP contribution in [-0.4, -0.2) is 21.6 Å². The second-order valence-electron chi connectivity index (χ2n) is 4.85. The topological polar surface area (TPSA) is 65.4 Å². The molecule has 0 spiro atoms. The first-order valence-corrected chi connectivity index (χ1v) is 6.38. The molecule has 0 radical (unpaired) electrons. The Hall–Kier alpha value is -2.95. The Bertz CT molecular complexity index is 941. The van der Waals surface area contributed by atoms with Crippen LogP contribution in [0.3, 0.4) is 0 Å². The highest BCUT2D eigenvalue weighted by Crippen LogP contribution is 2.35. The number of carbonyl (C=O) groups is 1. The third kappa shape index (κ3) is 1.61. The summed E-state index contributed by atoms with van der Waals surface area (Å²) in [6.45, 7) is 0. The zero-order chi connectivity index (χ0) is 14.6. The number of hydrogen-bond donors (Lipinski definition) is 2. The maximum Gasteiger partial charge on any atom is 0.214 e. The molecule has 1 aliphatic rings. The van der Waals surface area contributed by atoms with Crippen LogP contribution in [0, 0.1) is 5.82 Å². The molecule has 0 aliphatic carbocycles. The van der Waals surface area contributed by atoms with Crippen molar-refractivity contribution < 1.29 is 14.3 Å². The van der Waals surface area contributed by atoms with Crippen LogP contribution in [0.15, 0.2) is 47.5 Å². The molecule has 2 N–H and O–H groups in total.